The molecule has 0 saturated carbocycles. The van der Waals surface area contributed by atoms with Gasteiger partial charge < -0.3 is 24.7 Å². The van der Waals surface area contributed by atoms with Crippen LogP contribution in [0.2, 0.25) is 0 Å². The largest absolute Gasteiger partial charge is 0.497 e. The van der Waals surface area contributed by atoms with E-state index in [0.717, 1.165) is 11.3 Å². The number of amides is 2. The van der Waals surface area contributed by atoms with Crippen LogP contribution in [0.1, 0.15) is 41.6 Å². The summed E-state index contributed by atoms with van der Waals surface area (Å²) in [6.45, 7) is 3.87. The fourth-order valence-electron chi connectivity index (χ4n) is 3.35. The number of ether oxygens (including phenoxy) is 2. The molecule has 36 heavy (non-hydrogen) atoms. The summed E-state index contributed by atoms with van der Waals surface area (Å²) in [7, 11) is 3.38. The molecular formula is C25H29N5O5S. The van der Waals surface area contributed by atoms with Crippen molar-refractivity contribution in [3.8, 4) is 5.75 Å². The molecule has 1 aromatic heterocycles. The van der Waals surface area contributed by atoms with Crippen LogP contribution < -0.4 is 15.4 Å². The number of benzene rings is 2. The zero-order valence-electron chi connectivity index (χ0n) is 20.6. The zero-order chi connectivity index (χ0) is 26.1. The lowest BCUT2D eigenvalue weighted by Gasteiger charge is -2.14. The summed E-state index contributed by atoms with van der Waals surface area (Å²) in [6, 6.07) is 13.4. The molecule has 0 aliphatic rings. The molecule has 1 atom stereocenters. The molecule has 3 aromatic rings. The van der Waals surface area contributed by atoms with Crippen molar-refractivity contribution in [2.45, 2.75) is 31.5 Å². The highest BCUT2D eigenvalue weighted by atomic mass is 32.2. The Balaban J connectivity index is 1.49. The Hall–Kier alpha value is -3.86. The topological polar surface area (TPSA) is 124 Å². The molecule has 0 fully saturated rings. The molecule has 190 valence electrons. The van der Waals surface area contributed by atoms with Gasteiger partial charge in [-0.1, -0.05) is 23.9 Å². The minimum absolute atomic E-state index is 0.115. The normalized spacial score (nSPS) is 11.4. The molecular weight excluding hydrogens is 482 g/mol. The van der Waals surface area contributed by atoms with Crippen molar-refractivity contribution < 1.29 is 23.9 Å². The molecule has 0 aliphatic carbocycles. The zero-order valence-corrected chi connectivity index (χ0v) is 21.4. The van der Waals surface area contributed by atoms with E-state index < -0.39 is 5.97 Å². The summed E-state index contributed by atoms with van der Waals surface area (Å²) in [6.07, 6.45) is 0.231. The van der Waals surface area contributed by atoms with Crippen LogP contribution in [0.5, 0.6) is 5.75 Å². The fraction of sp³-hybridized carbons (Fsp3) is 0.320. The van der Waals surface area contributed by atoms with Crippen LogP contribution in [-0.2, 0) is 27.8 Å². The number of carbonyl (C=O) groups excluding carboxylic acids is 3. The second kappa shape index (κ2) is 12.7. The summed E-state index contributed by atoms with van der Waals surface area (Å²) in [5, 5.41) is 14.6. The number of rotatable bonds is 11. The molecule has 1 heterocycles. The van der Waals surface area contributed by atoms with E-state index in [1.54, 1.807) is 49.9 Å². The smallest absolute Gasteiger partial charge is 0.338 e. The maximum atomic E-state index is 12.5. The quantitative estimate of drug-likeness (QED) is 0.297. The van der Waals surface area contributed by atoms with E-state index >= 15 is 0 Å². The summed E-state index contributed by atoms with van der Waals surface area (Å²) in [4.78, 5) is 36.6. The molecule has 0 aliphatic heterocycles. The highest BCUT2D eigenvalue weighted by molar-refractivity contribution is 7.99. The summed E-state index contributed by atoms with van der Waals surface area (Å²) < 4.78 is 11.8. The third-order valence-electron chi connectivity index (χ3n) is 5.17. The minimum atomic E-state index is -0.407. The van der Waals surface area contributed by atoms with E-state index in [1.165, 1.54) is 11.8 Å². The molecule has 10 nitrogen and oxygen atoms in total. The van der Waals surface area contributed by atoms with Gasteiger partial charge in [0.1, 0.15) is 5.75 Å². The Morgan fingerprint density at radius 2 is 1.72 bits per heavy atom. The lowest BCUT2D eigenvalue weighted by molar-refractivity contribution is -0.121. The van der Waals surface area contributed by atoms with Crippen LogP contribution in [0.4, 0.5) is 5.69 Å². The molecule has 2 aromatic carbocycles. The van der Waals surface area contributed by atoms with Gasteiger partial charge in [0.2, 0.25) is 11.8 Å². The standard InChI is InChI=1S/C25H29N5O5S/c1-5-35-24(33)18-8-10-19(11-9-18)27-22(32)15-36-25-29-28-23(30(25)3)16(2)26-21(31)14-17-6-12-20(34-4)13-7-17/h6-13,16H,5,14-15H2,1-4H3,(H,26,31)(H,27,32)/t16-/m0/s1. The molecule has 0 radical (unpaired) electrons. The van der Waals surface area contributed by atoms with Crippen LogP contribution in [0, 0.1) is 0 Å². The number of hydrogen-bond donors (Lipinski definition) is 2. The second-order valence-electron chi connectivity index (χ2n) is 7.85. The second-order valence-corrected chi connectivity index (χ2v) is 8.79. The maximum absolute atomic E-state index is 12.5. The fourth-order valence-corrected chi connectivity index (χ4v) is 4.06. The van der Waals surface area contributed by atoms with Crippen molar-refractivity contribution in [3.05, 3.63) is 65.5 Å². The van der Waals surface area contributed by atoms with Gasteiger partial charge in [-0.25, -0.2) is 4.79 Å². The van der Waals surface area contributed by atoms with Crippen LogP contribution in [0.25, 0.3) is 0 Å². The summed E-state index contributed by atoms with van der Waals surface area (Å²) in [5.74, 6) is 0.652. The van der Waals surface area contributed by atoms with Crippen molar-refractivity contribution in [1.82, 2.24) is 20.1 Å². The van der Waals surface area contributed by atoms with Gasteiger partial charge in [-0.3, -0.25) is 9.59 Å². The average Bonchev–Trinajstić information content (AvgIpc) is 3.24. The third-order valence-corrected chi connectivity index (χ3v) is 6.19. The Kier molecular flexibility index (Phi) is 9.46. The van der Waals surface area contributed by atoms with Gasteiger partial charge in [0.25, 0.3) is 0 Å². The lowest BCUT2D eigenvalue weighted by atomic mass is 10.1. The van der Waals surface area contributed by atoms with Gasteiger partial charge in [-0.2, -0.15) is 0 Å². The van der Waals surface area contributed by atoms with Crippen molar-refractivity contribution >= 4 is 35.2 Å². The van der Waals surface area contributed by atoms with Gasteiger partial charge in [0, 0.05) is 12.7 Å². The number of carbonyl (C=O) groups is 3. The van der Waals surface area contributed by atoms with E-state index in [0.29, 0.717) is 28.8 Å². The van der Waals surface area contributed by atoms with Gasteiger partial charge in [0.05, 0.1) is 37.5 Å². The number of methoxy groups -OCH3 is 1. The molecule has 2 amide bonds. The number of thioether (sulfide) groups is 1. The predicted molar refractivity (Wildman–Crippen MR) is 136 cm³/mol. The van der Waals surface area contributed by atoms with Crippen molar-refractivity contribution in [1.29, 1.82) is 0 Å². The van der Waals surface area contributed by atoms with Crippen LogP contribution in [-0.4, -0.2) is 52.0 Å². The van der Waals surface area contributed by atoms with E-state index in [4.69, 9.17) is 9.47 Å². The highest BCUT2D eigenvalue weighted by Gasteiger charge is 2.18. The first-order valence-corrected chi connectivity index (χ1v) is 12.3. The monoisotopic (exact) mass is 511 g/mol. The van der Waals surface area contributed by atoms with Gasteiger partial charge in [-0.05, 0) is 55.8 Å². The van der Waals surface area contributed by atoms with E-state index in [-0.39, 0.29) is 30.0 Å². The number of hydrogen-bond acceptors (Lipinski definition) is 8. The van der Waals surface area contributed by atoms with Crippen molar-refractivity contribution in [2.75, 3.05) is 24.8 Å². The van der Waals surface area contributed by atoms with Crippen molar-refractivity contribution in [3.63, 3.8) is 0 Å². The molecule has 11 heteroatoms. The first-order chi connectivity index (χ1) is 17.3. The Labute approximate surface area is 213 Å². The summed E-state index contributed by atoms with van der Waals surface area (Å²) >= 11 is 1.23. The molecule has 0 spiro atoms. The number of anilines is 1. The Bertz CT molecular complexity index is 1190. The van der Waals surface area contributed by atoms with Crippen LogP contribution >= 0.6 is 11.8 Å². The lowest BCUT2D eigenvalue weighted by Crippen LogP contribution is -2.29. The van der Waals surface area contributed by atoms with Crippen LogP contribution in [0.15, 0.2) is 53.7 Å². The van der Waals surface area contributed by atoms with Crippen molar-refractivity contribution in [2.24, 2.45) is 7.05 Å². The molecule has 0 unspecified atom stereocenters. The van der Waals surface area contributed by atoms with Crippen LogP contribution in [0.3, 0.4) is 0 Å². The van der Waals surface area contributed by atoms with Gasteiger partial charge in [0.15, 0.2) is 11.0 Å². The molecule has 3 rings (SSSR count). The SMILES string of the molecule is CCOC(=O)c1ccc(NC(=O)CSc2nnc([C@H](C)NC(=O)Cc3ccc(OC)cc3)n2C)cc1. The third kappa shape index (κ3) is 7.32. The first-order valence-electron chi connectivity index (χ1n) is 11.3. The summed E-state index contributed by atoms with van der Waals surface area (Å²) in [5.41, 5.74) is 1.86. The van der Waals surface area contributed by atoms with E-state index in [2.05, 4.69) is 20.8 Å². The Morgan fingerprint density at radius 3 is 2.36 bits per heavy atom. The van der Waals surface area contributed by atoms with Gasteiger partial charge >= 0.3 is 5.97 Å². The predicted octanol–water partition coefficient (Wildman–Crippen LogP) is 3.15. The molecule has 0 saturated heterocycles. The average molecular weight is 512 g/mol. The highest BCUT2D eigenvalue weighted by Crippen LogP contribution is 2.20. The van der Waals surface area contributed by atoms with Gasteiger partial charge in [-0.15, -0.1) is 10.2 Å². The number of nitrogens with zero attached hydrogens (tertiary/aromatic N) is 3. The minimum Gasteiger partial charge on any atom is -0.497 e. The van der Waals surface area contributed by atoms with E-state index in [9.17, 15) is 14.4 Å². The maximum Gasteiger partial charge on any atom is 0.338 e. The molecule has 2 N–H and O–H groups in total. The number of nitrogens with one attached hydrogen (secondary N) is 2. The first kappa shape index (κ1) is 26.7. The number of aromatic nitrogens is 3. The molecule has 0 bridgehead atoms. The van der Waals surface area contributed by atoms with E-state index in [1.807, 2.05) is 31.2 Å². The number of esters is 1. The Morgan fingerprint density at radius 1 is 1.03 bits per heavy atom.